The molecule has 0 amide bonds. The lowest BCUT2D eigenvalue weighted by molar-refractivity contribution is 0.584. The highest BCUT2D eigenvalue weighted by atomic mass is 35.5. The molecule has 0 aromatic carbocycles. The van der Waals surface area contributed by atoms with Crippen LogP contribution >= 0.6 is 11.6 Å². The fraction of sp³-hybridized carbons (Fsp3) is 0.400. The Balaban J connectivity index is 2.56. The van der Waals surface area contributed by atoms with Crippen molar-refractivity contribution >= 4 is 11.6 Å². The van der Waals surface area contributed by atoms with Crippen LogP contribution in [0.2, 0.25) is 5.02 Å². The molecule has 0 fully saturated rings. The lowest BCUT2D eigenvalue weighted by Gasteiger charge is -2.11. The summed E-state index contributed by atoms with van der Waals surface area (Å²) < 4.78 is 3.37. The van der Waals surface area contributed by atoms with Gasteiger partial charge in [0.25, 0.3) is 5.56 Å². The van der Waals surface area contributed by atoms with Crippen LogP contribution in [0.25, 0.3) is 0 Å². The van der Waals surface area contributed by atoms with Crippen LogP contribution in [0, 0.1) is 18.3 Å². The van der Waals surface area contributed by atoms with Crippen molar-refractivity contribution in [2.75, 3.05) is 0 Å². The Hall–Kier alpha value is -2.06. The maximum absolute atomic E-state index is 12.3. The molecule has 0 aliphatic heterocycles. The summed E-state index contributed by atoms with van der Waals surface area (Å²) in [7, 11) is 0. The van der Waals surface area contributed by atoms with Crippen molar-refractivity contribution in [1.82, 2.24) is 14.3 Å². The number of aryl methyl sites for hydroxylation is 3. The second-order valence-electron chi connectivity index (χ2n) is 4.77. The summed E-state index contributed by atoms with van der Waals surface area (Å²) in [6.45, 7) is 6.81. The monoisotopic (exact) mass is 304 g/mol. The maximum atomic E-state index is 12.3. The number of halogens is 1. The van der Waals surface area contributed by atoms with Crippen molar-refractivity contribution in [3.8, 4) is 6.07 Å². The molecule has 21 heavy (non-hydrogen) atoms. The van der Waals surface area contributed by atoms with Crippen LogP contribution in [0.5, 0.6) is 0 Å². The molecule has 0 radical (unpaired) electrons. The molecule has 6 heteroatoms. The zero-order valence-electron chi connectivity index (χ0n) is 12.4. The molecule has 2 heterocycles. The number of nitrogens with zero attached hydrogens (tertiary/aromatic N) is 4. The normalized spacial score (nSPS) is 10.6. The first-order valence-corrected chi connectivity index (χ1v) is 7.25. The number of rotatable bonds is 4. The van der Waals surface area contributed by atoms with Gasteiger partial charge in [0, 0.05) is 12.2 Å². The third kappa shape index (κ3) is 2.72. The van der Waals surface area contributed by atoms with Crippen LogP contribution in [-0.2, 0) is 19.5 Å². The van der Waals surface area contributed by atoms with Crippen LogP contribution in [0.3, 0.4) is 0 Å². The first kappa shape index (κ1) is 15.3. The molecule has 0 bridgehead atoms. The fourth-order valence-electron chi connectivity index (χ4n) is 2.27. The number of pyridine rings is 1. The van der Waals surface area contributed by atoms with Crippen molar-refractivity contribution < 1.29 is 0 Å². The van der Waals surface area contributed by atoms with Crippen molar-refractivity contribution in [2.24, 2.45) is 0 Å². The summed E-state index contributed by atoms with van der Waals surface area (Å²) in [6, 6.07) is 5.23. The van der Waals surface area contributed by atoms with Crippen LogP contribution < -0.4 is 5.56 Å². The Labute approximate surface area is 128 Å². The van der Waals surface area contributed by atoms with Gasteiger partial charge >= 0.3 is 0 Å². The van der Waals surface area contributed by atoms with E-state index in [9.17, 15) is 4.79 Å². The molecule has 2 rings (SSSR count). The van der Waals surface area contributed by atoms with Crippen molar-refractivity contribution in [3.63, 3.8) is 0 Å². The number of hydrogen-bond acceptors (Lipinski definition) is 3. The van der Waals surface area contributed by atoms with E-state index in [1.165, 1.54) is 0 Å². The fourth-order valence-corrected chi connectivity index (χ4v) is 2.60. The Morgan fingerprint density at radius 1 is 1.38 bits per heavy atom. The maximum Gasteiger partial charge on any atom is 0.269 e. The van der Waals surface area contributed by atoms with E-state index in [0.29, 0.717) is 18.1 Å². The van der Waals surface area contributed by atoms with Gasteiger partial charge in [0.2, 0.25) is 0 Å². The first-order valence-electron chi connectivity index (χ1n) is 6.88. The summed E-state index contributed by atoms with van der Waals surface area (Å²) in [5, 5.41) is 14.0. The van der Waals surface area contributed by atoms with Crippen LogP contribution in [0.15, 0.2) is 16.9 Å². The van der Waals surface area contributed by atoms with E-state index in [-0.39, 0.29) is 11.1 Å². The standard InChI is InChI=1S/C15H17ClN4O/c1-4-12-14(16)13(20(5-2)18-12)9-19-10(3)6-7-11(8-17)15(19)21/h6-7H,4-5,9H2,1-3H3. The number of hydrogen-bond donors (Lipinski definition) is 0. The Morgan fingerprint density at radius 2 is 2.10 bits per heavy atom. The minimum atomic E-state index is -0.296. The van der Waals surface area contributed by atoms with Gasteiger partial charge in [-0.25, -0.2) is 0 Å². The van der Waals surface area contributed by atoms with Crippen molar-refractivity contribution in [3.05, 3.63) is 50.2 Å². The summed E-state index contributed by atoms with van der Waals surface area (Å²) >= 11 is 6.37. The molecular formula is C15H17ClN4O. The SMILES string of the molecule is CCc1nn(CC)c(Cn2c(C)ccc(C#N)c2=O)c1Cl. The predicted octanol–water partition coefficient (Wildman–Crippen LogP) is 2.51. The summed E-state index contributed by atoms with van der Waals surface area (Å²) in [6.07, 6.45) is 0.741. The lowest BCUT2D eigenvalue weighted by atomic mass is 10.2. The van der Waals surface area contributed by atoms with E-state index >= 15 is 0 Å². The molecule has 0 aliphatic carbocycles. The Kier molecular flexibility index (Phi) is 4.49. The van der Waals surface area contributed by atoms with Crippen LogP contribution in [0.1, 0.15) is 36.5 Å². The molecule has 0 N–H and O–H groups in total. The summed E-state index contributed by atoms with van der Waals surface area (Å²) in [5.41, 5.74) is 2.26. The lowest BCUT2D eigenvalue weighted by Crippen LogP contribution is -2.26. The van der Waals surface area contributed by atoms with Gasteiger partial charge in [0.05, 0.1) is 23.0 Å². The van der Waals surface area contributed by atoms with Gasteiger partial charge in [0.15, 0.2) is 0 Å². The molecule has 5 nitrogen and oxygen atoms in total. The van der Waals surface area contributed by atoms with Gasteiger partial charge in [0.1, 0.15) is 11.6 Å². The van der Waals surface area contributed by atoms with E-state index in [4.69, 9.17) is 16.9 Å². The van der Waals surface area contributed by atoms with Gasteiger partial charge in [-0.15, -0.1) is 0 Å². The quantitative estimate of drug-likeness (QED) is 0.872. The third-order valence-corrected chi connectivity index (χ3v) is 3.95. The summed E-state index contributed by atoms with van der Waals surface area (Å²) in [4.78, 5) is 12.3. The Morgan fingerprint density at radius 3 is 2.67 bits per heavy atom. The minimum Gasteiger partial charge on any atom is -0.306 e. The van der Waals surface area contributed by atoms with Gasteiger partial charge in [-0.05, 0) is 32.4 Å². The molecule has 0 spiro atoms. The molecule has 0 unspecified atom stereocenters. The second kappa shape index (κ2) is 6.15. The summed E-state index contributed by atoms with van der Waals surface area (Å²) in [5.74, 6) is 0. The second-order valence-corrected chi connectivity index (χ2v) is 5.15. The van der Waals surface area contributed by atoms with Crippen molar-refractivity contribution in [2.45, 2.75) is 40.3 Å². The third-order valence-electron chi connectivity index (χ3n) is 3.51. The van der Waals surface area contributed by atoms with Gasteiger partial charge < -0.3 is 4.57 Å². The minimum absolute atomic E-state index is 0.134. The Bertz CT molecular complexity index is 767. The molecular weight excluding hydrogens is 288 g/mol. The van der Waals surface area contributed by atoms with Gasteiger partial charge in [-0.1, -0.05) is 18.5 Å². The molecule has 2 aromatic rings. The molecule has 2 aromatic heterocycles. The van der Waals surface area contributed by atoms with Gasteiger partial charge in [-0.2, -0.15) is 10.4 Å². The van der Waals surface area contributed by atoms with Crippen molar-refractivity contribution in [1.29, 1.82) is 5.26 Å². The van der Waals surface area contributed by atoms with Gasteiger partial charge in [-0.3, -0.25) is 9.48 Å². The average Bonchev–Trinajstić information content (AvgIpc) is 2.79. The molecule has 0 aliphatic rings. The zero-order chi connectivity index (χ0) is 15.6. The number of aromatic nitrogens is 3. The largest absolute Gasteiger partial charge is 0.306 e. The number of nitriles is 1. The molecule has 0 saturated heterocycles. The molecule has 110 valence electrons. The van der Waals surface area contributed by atoms with Crippen LogP contribution in [0.4, 0.5) is 0 Å². The van der Waals surface area contributed by atoms with E-state index in [0.717, 1.165) is 23.5 Å². The highest BCUT2D eigenvalue weighted by molar-refractivity contribution is 6.31. The smallest absolute Gasteiger partial charge is 0.269 e. The predicted molar refractivity (Wildman–Crippen MR) is 81.5 cm³/mol. The van der Waals surface area contributed by atoms with E-state index < -0.39 is 0 Å². The molecule has 0 atom stereocenters. The van der Waals surface area contributed by atoms with Crippen LogP contribution in [-0.4, -0.2) is 14.3 Å². The van der Waals surface area contributed by atoms with E-state index in [1.807, 2.05) is 31.5 Å². The average molecular weight is 305 g/mol. The van der Waals surface area contributed by atoms with E-state index in [1.54, 1.807) is 16.7 Å². The topological polar surface area (TPSA) is 63.6 Å². The highest BCUT2D eigenvalue weighted by Gasteiger charge is 2.16. The highest BCUT2D eigenvalue weighted by Crippen LogP contribution is 2.22. The van der Waals surface area contributed by atoms with E-state index in [2.05, 4.69) is 5.10 Å². The first-order chi connectivity index (χ1) is 10.0. The molecule has 0 saturated carbocycles. The zero-order valence-corrected chi connectivity index (χ0v) is 13.1.